The molecule has 0 amide bonds. The first-order valence-electron chi connectivity index (χ1n) is 5.30. The first-order chi connectivity index (χ1) is 7.49. The van der Waals surface area contributed by atoms with Gasteiger partial charge in [-0.3, -0.25) is 4.79 Å². The second-order valence-corrected chi connectivity index (χ2v) is 5.66. The summed E-state index contributed by atoms with van der Waals surface area (Å²) < 4.78 is 29.5. The molecule has 16 heavy (non-hydrogen) atoms. The summed E-state index contributed by atoms with van der Waals surface area (Å²) in [7, 11) is -1.71. The van der Waals surface area contributed by atoms with Crippen LogP contribution in [0.4, 0.5) is 0 Å². The lowest BCUT2D eigenvalue weighted by Crippen LogP contribution is -2.37. The van der Waals surface area contributed by atoms with E-state index >= 15 is 0 Å². The first kappa shape index (κ1) is 13.4. The molecular formula is C9H18N2O4S. The van der Waals surface area contributed by atoms with Crippen LogP contribution in [0.3, 0.4) is 0 Å². The number of esters is 1. The van der Waals surface area contributed by atoms with Gasteiger partial charge in [0, 0.05) is 19.1 Å². The Bertz CT molecular complexity index is 341. The van der Waals surface area contributed by atoms with Crippen molar-refractivity contribution in [2.75, 3.05) is 32.5 Å². The molecular weight excluding hydrogens is 232 g/mol. The Morgan fingerprint density at radius 1 is 1.56 bits per heavy atom. The van der Waals surface area contributed by atoms with Gasteiger partial charge in [-0.05, 0) is 20.4 Å². The van der Waals surface area contributed by atoms with Gasteiger partial charge in [-0.1, -0.05) is 0 Å². The van der Waals surface area contributed by atoms with Crippen LogP contribution in [0.15, 0.2) is 0 Å². The van der Waals surface area contributed by atoms with Crippen molar-refractivity contribution in [3.63, 3.8) is 0 Å². The monoisotopic (exact) mass is 250 g/mol. The van der Waals surface area contributed by atoms with E-state index in [2.05, 4.69) is 10.1 Å². The summed E-state index contributed by atoms with van der Waals surface area (Å²) in [5.41, 5.74) is 0. The first-order valence-corrected chi connectivity index (χ1v) is 6.91. The number of nitrogens with zero attached hydrogens (tertiary/aromatic N) is 1. The molecule has 1 aliphatic heterocycles. The molecule has 6 nitrogen and oxygen atoms in total. The molecule has 94 valence electrons. The maximum atomic E-state index is 11.8. The van der Waals surface area contributed by atoms with Crippen LogP contribution in [0.25, 0.3) is 0 Å². The lowest BCUT2D eigenvalue weighted by Gasteiger charge is -2.15. The number of nitrogens with one attached hydrogen (secondary N) is 1. The minimum atomic E-state index is -3.51. The van der Waals surface area contributed by atoms with Crippen LogP contribution >= 0.6 is 0 Å². The van der Waals surface area contributed by atoms with Gasteiger partial charge in [0.25, 0.3) is 0 Å². The van der Waals surface area contributed by atoms with Crippen LogP contribution in [0.5, 0.6) is 0 Å². The Morgan fingerprint density at radius 2 is 2.25 bits per heavy atom. The SMILES string of the molecule is CCOC(=O)CS(=O)(=O)N1CCC(NC)C1. The molecule has 0 aromatic rings. The van der Waals surface area contributed by atoms with Crippen LogP contribution in [0, 0.1) is 0 Å². The number of carbonyl (C=O) groups is 1. The molecule has 1 aliphatic rings. The zero-order valence-electron chi connectivity index (χ0n) is 9.60. The topological polar surface area (TPSA) is 75.7 Å². The Balaban J connectivity index is 2.55. The fourth-order valence-electron chi connectivity index (χ4n) is 1.66. The minimum absolute atomic E-state index is 0.178. The highest BCUT2D eigenvalue weighted by Crippen LogP contribution is 2.13. The van der Waals surface area contributed by atoms with Crippen molar-refractivity contribution in [3.8, 4) is 0 Å². The quantitative estimate of drug-likeness (QED) is 0.645. The summed E-state index contributed by atoms with van der Waals surface area (Å²) in [6.45, 7) is 2.75. The van der Waals surface area contributed by atoms with Crippen LogP contribution in [0.1, 0.15) is 13.3 Å². The van der Waals surface area contributed by atoms with Gasteiger partial charge in [0.15, 0.2) is 5.75 Å². The third-order valence-corrected chi connectivity index (χ3v) is 4.28. The molecule has 0 saturated carbocycles. The third-order valence-electron chi connectivity index (χ3n) is 2.56. The number of hydrogen-bond donors (Lipinski definition) is 1. The zero-order valence-corrected chi connectivity index (χ0v) is 10.4. The van der Waals surface area contributed by atoms with Gasteiger partial charge in [0.1, 0.15) is 0 Å². The van der Waals surface area contributed by atoms with Gasteiger partial charge in [-0.2, -0.15) is 4.31 Å². The molecule has 1 saturated heterocycles. The summed E-state index contributed by atoms with van der Waals surface area (Å²) in [6.07, 6.45) is 0.776. The Labute approximate surface area is 96.0 Å². The van der Waals surface area contributed by atoms with Crippen molar-refractivity contribution in [1.82, 2.24) is 9.62 Å². The van der Waals surface area contributed by atoms with Gasteiger partial charge >= 0.3 is 5.97 Å². The molecule has 0 aliphatic carbocycles. The van der Waals surface area contributed by atoms with Crippen molar-refractivity contribution in [3.05, 3.63) is 0 Å². The van der Waals surface area contributed by atoms with Crippen LogP contribution in [0.2, 0.25) is 0 Å². The highest BCUT2D eigenvalue weighted by atomic mass is 32.2. The molecule has 1 atom stereocenters. The highest BCUT2D eigenvalue weighted by Gasteiger charge is 2.32. The van der Waals surface area contributed by atoms with Gasteiger partial charge in [0.05, 0.1) is 6.61 Å². The summed E-state index contributed by atoms with van der Waals surface area (Å²) >= 11 is 0. The summed E-state index contributed by atoms with van der Waals surface area (Å²) in [4.78, 5) is 11.1. The molecule has 0 spiro atoms. The average Bonchev–Trinajstić information content (AvgIpc) is 2.65. The van der Waals surface area contributed by atoms with Crippen LogP contribution < -0.4 is 5.32 Å². The number of likely N-dealkylation sites (N-methyl/N-ethyl adjacent to an activating group) is 1. The van der Waals surface area contributed by atoms with E-state index in [0.717, 1.165) is 6.42 Å². The lowest BCUT2D eigenvalue weighted by atomic mass is 10.3. The standard InChI is InChI=1S/C9H18N2O4S/c1-3-15-9(12)7-16(13,14)11-5-4-8(6-11)10-2/h8,10H,3-7H2,1-2H3. The smallest absolute Gasteiger partial charge is 0.322 e. The highest BCUT2D eigenvalue weighted by molar-refractivity contribution is 7.89. The average molecular weight is 250 g/mol. The molecule has 1 N–H and O–H groups in total. The number of sulfonamides is 1. The van der Waals surface area contributed by atoms with Crippen molar-refractivity contribution in [2.45, 2.75) is 19.4 Å². The molecule has 0 radical (unpaired) electrons. The number of hydrogen-bond acceptors (Lipinski definition) is 5. The Kier molecular flexibility index (Phi) is 4.69. The normalized spacial score (nSPS) is 22.2. The van der Waals surface area contributed by atoms with Crippen molar-refractivity contribution < 1.29 is 17.9 Å². The van der Waals surface area contributed by atoms with Gasteiger partial charge < -0.3 is 10.1 Å². The van der Waals surface area contributed by atoms with E-state index in [-0.39, 0.29) is 12.6 Å². The predicted molar refractivity (Wildman–Crippen MR) is 59.5 cm³/mol. The molecule has 0 aromatic heterocycles. The van der Waals surface area contributed by atoms with Crippen LogP contribution in [-0.4, -0.2) is 57.2 Å². The lowest BCUT2D eigenvalue weighted by molar-refractivity contribution is -0.140. The fraction of sp³-hybridized carbons (Fsp3) is 0.889. The van der Waals surface area contributed by atoms with Gasteiger partial charge in [-0.25, -0.2) is 8.42 Å². The van der Waals surface area contributed by atoms with Crippen LogP contribution in [-0.2, 0) is 19.6 Å². The molecule has 1 fully saturated rings. The van der Waals surface area contributed by atoms with E-state index < -0.39 is 21.7 Å². The second kappa shape index (κ2) is 5.60. The number of carbonyl (C=O) groups excluding carboxylic acids is 1. The molecule has 1 rings (SSSR count). The predicted octanol–water partition coefficient (Wildman–Crippen LogP) is -0.827. The van der Waals surface area contributed by atoms with E-state index in [9.17, 15) is 13.2 Å². The summed E-state index contributed by atoms with van der Waals surface area (Å²) in [5, 5.41) is 3.02. The molecule has 1 unspecified atom stereocenters. The van der Waals surface area contributed by atoms with E-state index in [0.29, 0.717) is 13.1 Å². The summed E-state index contributed by atoms with van der Waals surface area (Å²) in [6, 6.07) is 0.178. The molecule has 0 bridgehead atoms. The summed E-state index contributed by atoms with van der Waals surface area (Å²) in [5.74, 6) is -1.24. The largest absolute Gasteiger partial charge is 0.465 e. The van der Waals surface area contributed by atoms with E-state index in [1.165, 1.54) is 4.31 Å². The fourth-order valence-corrected chi connectivity index (χ4v) is 3.01. The Hall–Kier alpha value is -0.660. The van der Waals surface area contributed by atoms with Crippen molar-refractivity contribution in [2.24, 2.45) is 0 Å². The van der Waals surface area contributed by atoms with E-state index in [4.69, 9.17) is 0 Å². The van der Waals surface area contributed by atoms with Crippen molar-refractivity contribution >= 4 is 16.0 Å². The maximum absolute atomic E-state index is 11.8. The van der Waals surface area contributed by atoms with E-state index in [1.54, 1.807) is 14.0 Å². The second-order valence-electron chi connectivity index (χ2n) is 3.69. The zero-order chi connectivity index (χ0) is 12.2. The van der Waals surface area contributed by atoms with Crippen molar-refractivity contribution in [1.29, 1.82) is 0 Å². The number of ether oxygens (including phenoxy) is 1. The number of rotatable bonds is 5. The third kappa shape index (κ3) is 3.43. The molecule has 7 heteroatoms. The minimum Gasteiger partial charge on any atom is -0.465 e. The molecule has 0 aromatic carbocycles. The van der Waals surface area contributed by atoms with Gasteiger partial charge in [-0.15, -0.1) is 0 Å². The maximum Gasteiger partial charge on any atom is 0.322 e. The Morgan fingerprint density at radius 3 is 2.75 bits per heavy atom. The van der Waals surface area contributed by atoms with Gasteiger partial charge in [0.2, 0.25) is 10.0 Å². The molecule has 1 heterocycles. The van der Waals surface area contributed by atoms with E-state index in [1.807, 2.05) is 0 Å².